The van der Waals surface area contributed by atoms with E-state index in [1.165, 1.54) is 0 Å². The standard InChI is InChI=1S/C32H42ClN3O6/c1-21-29(26(23-10-13-27(33)35-18-23)17-28(37)36(21)19-25-7-6-15-39-25)30(38)40-20-22-8-11-24(12-9-22)42-31(2,3)14-16-41-32(4,5)34/h8-13,18,25-26H,6-7,14-17,19-20,34H2,1-5H3. The molecule has 0 radical (unpaired) electrons. The van der Waals surface area contributed by atoms with E-state index < -0.39 is 23.2 Å². The lowest BCUT2D eigenvalue weighted by atomic mass is 9.84. The second-order valence-electron chi connectivity index (χ2n) is 12.1. The summed E-state index contributed by atoms with van der Waals surface area (Å²) in [6.45, 7) is 11.1. The highest BCUT2D eigenvalue weighted by Crippen LogP contribution is 2.38. The Labute approximate surface area is 253 Å². The molecular weight excluding hydrogens is 558 g/mol. The number of nitrogens with zero attached hydrogens (tertiary/aromatic N) is 2. The number of hydrogen-bond donors (Lipinski definition) is 1. The van der Waals surface area contributed by atoms with Gasteiger partial charge in [0, 0.05) is 37.3 Å². The van der Waals surface area contributed by atoms with Crippen molar-refractivity contribution in [1.29, 1.82) is 0 Å². The zero-order chi connectivity index (χ0) is 30.5. The van der Waals surface area contributed by atoms with Gasteiger partial charge in [0.1, 0.15) is 28.8 Å². The average molecular weight is 600 g/mol. The topological polar surface area (TPSA) is 113 Å². The minimum atomic E-state index is -0.689. The SMILES string of the molecule is CC1=C(C(=O)OCc2ccc(OC(C)(C)CCOC(C)(C)N)cc2)C(c2ccc(Cl)nc2)CC(=O)N1CC1CCCO1. The molecule has 42 heavy (non-hydrogen) atoms. The maximum Gasteiger partial charge on any atom is 0.336 e. The molecule has 228 valence electrons. The molecule has 1 aromatic carbocycles. The number of benzene rings is 1. The van der Waals surface area contributed by atoms with Crippen molar-refractivity contribution < 1.29 is 28.5 Å². The van der Waals surface area contributed by atoms with E-state index in [4.69, 9.17) is 36.3 Å². The van der Waals surface area contributed by atoms with Crippen molar-refractivity contribution in [3.05, 3.63) is 70.1 Å². The van der Waals surface area contributed by atoms with Crippen LogP contribution >= 0.6 is 11.6 Å². The minimum Gasteiger partial charge on any atom is -0.488 e. The Morgan fingerprint density at radius 3 is 2.52 bits per heavy atom. The number of carbonyl (C=O) groups is 2. The van der Waals surface area contributed by atoms with Gasteiger partial charge in [0.2, 0.25) is 5.91 Å². The molecule has 10 heteroatoms. The number of pyridine rings is 1. The third-order valence-electron chi connectivity index (χ3n) is 7.47. The maximum atomic E-state index is 13.6. The van der Waals surface area contributed by atoms with Crippen molar-refractivity contribution in [3.63, 3.8) is 0 Å². The van der Waals surface area contributed by atoms with Crippen LogP contribution in [0.3, 0.4) is 0 Å². The predicted octanol–water partition coefficient (Wildman–Crippen LogP) is 5.51. The summed E-state index contributed by atoms with van der Waals surface area (Å²) in [5.74, 6) is -0.313. The molecule has 1 aromatic heterocycles. The van der Waals surface area contributed by atoms with Crippen molar-refractivity contribution in [2.45, 2.75) is 90.3 Å². The predicted molar refractivity (Wildman–Crippen MR) is 160 cm³/mol. The summed E-state index contributed by atoms with van der Waals surface area (Å²) in [6.07, 6.45) is 4.22. The molecule has 0 bridgehead atoms. The number of rotatable bonds is 12. The number of halogens is 1. The number of allylic oxidation sites excluding steroid dienone is 1. The molecule has 1 saturated heterocycles. The Morgan fingerprint density at radius 1 is 1.17 bits per heavy atom. The Bertz CT molecular complexity index is 1260. The van der Waals surface area contributed by atoms with E-state index in [1.54, 1.807) is 30.2 Å². The summed E-state index contributed by atoms with van der Waals surface area (Å²) in [5.41, 5.74) is 7.33. The monoisotopic (exact) mass is 599 g/mol. The fourth-order valence-electron chi connectivity index (χ4n) is 5.18. The average Bonchev–Trinajstić information content (AvgIpc) is 3.43. The molecule has 3 heterocycles. The van der Waals surface area contributed by atoms with E-state index in [1.807, 2.05) is 52.0 Å². The molecule has 1 fully saturated rings. The van der Waals surface area contributed by atoms with Gasteiger partial charge >= 0.3 is 5.97 Å². The van der Waals surface area contributed by atoms with Gasteiger partial charge in [0.05, 0.1) is 24.8 Å². The molecule has 4 rings (SSSR count). The normalized spacial score (nSPS) is 19.8. The first-order chi connectivity index (χ1) is 19.8. The van der Waals surface area contributed by atoms with E-state index in [2.05, 4.69) is 4.98 Å². The van der Waals surface area contributed by atoms with E-state index >= 15 is 0 Å². The first kappa shape index (κ1) is 31.9. The third-order valence-corrected chi connectivity index (χ3v) is 7.69. The molecule has 0 spiro atoms. The number of ether oxygens (including phenoxy) is 4. The summed E-state index contributed by atoms with van der Waals surface area (Å²) < 4.78 is 23.4. The second kappa shape index (κ2) is 13.5. The number of hydrogen-bond acceptors (Lipinski definition) is 8. The lowest BCUT2D eigenvalue weighted by Crippen LogP contribution is -2.42. The fraction of sp³-hybridized carbons (Fsp3) is 0.531. The first-order valence-corrected chi connectivity index (χ1v) is 14.8. The van der Waals surface area contributed by atoms with Gasteiger partial charge in [-0.3, -0.25) is 4.79 Å². The van der Waals surface area contributed by atoms with Gasteiger partial charge in [0.25, 0.3) is 0 Å². The molecule has 1 amide bonds. The van der Waals surface area contributed by atoms with Crippen LogP contribution in [0.15, 0.2) is 53.9 Å². The van der Waals surface area contributed by atoms with E-state index in [-0.39, 0.29) is 25.0 Å². The summed E-state index contributed by atoms with van der Waals surface area (Å²) in [4.78, 5) is 32.7. The van der Waals surface area contributed by atoms with Crippen molar-refractivity contribution in [2.24, 2.45) is 5.73 Å². The summed E-state index contributed by atoms with van der Waals surface area (Å²) in [7, 11) is 0. The zero-order valence-corrected chi connectivity index (χ0v) is 25.9. The molecule has 2 unspecified atom stereocenters. The summed E-state index contributed by atoms with van der Waals surface area (Å²) in [6, 6.07) is 10.9. The molecule has 2 N–H and O–H groups in total. The van der Waals surface area contributed by atoms with Crippen LogP contribution in [0.4, 0.5) is 0 Å². The van der Waals surface area contributed by atoms with Crippen molar-refractivity contribution >= 4 is 23.5 Å². The van der Waals surface area contributed by atoms with Crippen molar-refractivity contribution in [3.8, 4) is 5.75 Å². The van der Waals surface area contributed by atoms with E-state index in [0.29, 0.717) is 48.4 Å². The number of amides is 1. The Morgan fingerprint density at radius 2 is 1.90 bits per heavy atom. The quantitative estimate of drug-likeness (QED) is 0.193. The highest BCUT2D eigenvalue weighted by atomic mass is 35.5. The highest BCUT2D eigenvalue weighted by Gasteiger charge is 2.38. The Balaban J connectivity index is 1.45. The fourth-order valence-corrected chi connectivity index (χ4v) is 5.29. The lowest BCUT2D eigenvalue weighted by Gasteiger charge is -2.35. The molecule has 9 nitrogen and oxygen atoms in total. The zero-order valence-electron chi connectivity index (χ0n) is 25.2. The van der Waals surface area contributed by atoms with E-state index in [0.717, 1.165) is 24.0 Å². The Kier molecular flexibility index (Phi) is 10.3. The molecule has 0 aliphatic carbocycles. The number of aromatic nitrogens is 1. The highest BCUT2D eigenvalue weighted by molar-refractivity contribution is 6.29. The molecule has 0 saturated carbocycles. The van der Waals surface area contributed by atoms with Crippen LogP contribution in [-0.4, -0.2) is 58.9 Å². The van der Waals surface area contributed by atoms with Gasteiger partial charge in [-0.05, 0) is 76.8 Å². The van der Waals surface area contributed by atoms with Crippen LogP contribution in [0.1, 0.15) is 77.3 Å². The smallest absolute Gasteiger partial charge is 0.336 e. The van der Waals surface area contributed by atoms with Crippen LogP contribution in [0, 0.1) is 0 Å². The third kappa shape index (κ3) is 8.77. The number of carbonyl (C=O) groups excluding carboxylic acids is 2. The van der Waals surface area contributed by atoms with Crippen LogP contribution in [-0.2, 0) is 30.4 Å². The Hall–Kier alpha value is -2.98. The van der Waals surface area contributed by atoms with Crippen LogP contribution in [0.2, 0.25) is 5.15 Å². The molecule has 2 aliphatic rings. The van der Waals surface area contributed by atoms with Crippen molar-refractivity contribution in [1.82, 2.24) is 9.88 Å². The van der Waals surface area contributed by atoms with Gasteiger partial charge in [-0.2, -0.15) is 0 Å². The molecular formula is C32H42ClN3O6. The van der Waals surface area contributed by atoms with Crippen molar-refractivity contribution in [2.75, 3.05) is 19.8 Å². The van der Waals surface area contributed by atoms with Gasteiger partial charge in [0.15, 0.2) is 0 Å². The largest absolute Gasteiger partial charge is 0.488 e. The number of esters is 1. The lowest BCUT2D eigenvalue weighted by molar-refractivity contribution is -0.141. The van der Waals surface area contributed by atoms with E-state index in [9.17, 15) is 9.59 Å². The molecule has 2 atom stereocenters. The van der Waals surface area contributed by atoms with Crippen LogP contribution < -0.4 is 10.5 Å². The maximum absolute atomic E-state index is 13.6. The molecule has 2 aromatic rings. The van der Waals surface area contributed by atoms with Gasteiger partial charge in [-0.25, -0.2) is 9.78 Å². The minimum absolute atomic E-state index is 0.0411. The van der Waals surface area contributed by atoms with Gasteiger partial charge < -0.3 is 29.6 Å². The van der Waals surface area contributed by atoms with Crippen LogP contribution in [0.25, 0.3) is 0 Å². The molecule has 2 aliphatic heterocycles. The van der Waals surface area contributed by atoms with Gasteiger partial charge in [-0.1, -0.05) is 29.8 Å². The van der Waals surface area contributed by atoms with Crippen LogP contribution in [0.5, 0.6) is 5.75 Å². The summed E-state index contributed by atoms with van der Waals surface area (Å²) in [5, 5.41) is 0.342. The second-order valence-corrected chi connectivity index (χ2v) is 12.5. The summed E-state index contributed by atoms with van der Waals surface area (Å²) >= 11 is 6.00. The number of nitrogens with two attached hydrogens (primary N) is 1. The first-order valence-electron chi connectivity index (χ1n) is 14.4. The van der Waals surface area contributed by atoms with Gasteiger partial charge in [-0.15, -0.1) is 0 Å².